The third kappa shape index (κ3) is 3.05. The minimum atomic E-state index is -0.537. The van der Waals surface area contributed by atoms with E-state index in [9.17, 15) is 0 Å². The van der Waals surface area contributed by atoms with E-state index in [1.165, 1.54) is 32.1 Å². The standard InChI is InChI=1S/C18H30N6/c19-14-8-6-13(7-9-14)18(20)12-16(17-21-10-11-24(17)23-18)22-15-4-2-1-3-5-15/h10-15,22-23H,1-9,19-20H2. The van der Waals surface area contributed by atoms with E-state index < -0.39 is 5.66 Å². The van der Waals surface area contributed by atoms with Crippen LogP contribution in [0.2, 0.25) is 0 Å². The van der Waals surface area contributed by atoms with Gasteiger partial charge in [-0.05, 0) is 44.6 Å². The molecule has 0 saturated heterocycles. The zero-order valence-electron chi connectivity index (χ0n) is 14.4. The molecule has 0 radical (unpaired) electrons. The summed E-state index contributed by atoms with van der Waals surface area (Å²) in [7, 11) is 0. The average Bonchev–Trinajstić information content (AvgIpc) is 3.04. The summed E-state index contributed by atoms with van der Waals surface area (Å²) in [5, 5.41) is 3.74. The van der Waals surface area contributed by atoms with Crippen LogP contribution in [0.4, 0.5) is 0 Å². The molecule has 2 heterocycles. The van der Waals surface area contributed by atoms with Crippen molar-refractivity contribution < 1.29 is 0 Å². The van der Waals surface area contributed by atoms with Crippen molar-refractivity contribution in [3.05, 3.63) is 24.3 Å². The highest BCUT2D eigenvalue weighted by molar-refractivity contribution is 5.63. The van der Waals surface area contributed by atoms with Crippen LogP contribution in [0.5, 0.6) is 0 Å². The maximum absolute atomic E-state index is 6.83. The largest absolute Gasteiger partial charge is 0.379 e. The van der Waals surface area contributed by atoms with Gasteiger partial charge in [-0.1, -0.05) is 19.3 Å². The Morgan fingerprint density at radius 1 is 1.12 bits per heavy atom. The smallest absolute Gasteiger partial charge is 0.174 e. The number of nitrogens with zero attached hydrogens (tertiary/aromatic N) is 2. The summed E-state index contributed by atoms with van der Waals surface area (Å²) in [4.78, 5) is 4.52. The van der Waals surface area contributed by atoms with Crippen LogP contribution in [-0.2, 0) is 0 Å². The van der Waals surface area contributed by atoms with Crippen LogP contribution in [0.15, 0.2) is 18.5 Å². The number of aromatic nitrogens is 2. The van der Waals surface area contributed by atoms with E-state index in [1.54, 1.807) is 0 Å². The highest BCUT2D eigenvalue weighted by Gasteiger charge is 2.39. The topological polar surface area (TPSA) is 93.9 Å². The maximum Gasteiger partial charge on any atom is 0.174 e. The normalized spacial score (nSPS) is 34.2. The van der Waals surface area contributed by atoms with Gasteiger partial charge in [0.2, 0.25) is 0 Å². The Hall–Kier alpha value is -1.53. The van der Waals surface area contributed by atoms with Crippen LogP contribution in [0.1, 0.15) is 63.6 Å². The van der Waals surface area contributed by atoms with Gasteiger partial charge in [0.15, 0.2) is 5.82 Å². The van der Waals surface area contributed by atoms with Gasteiger partial charge >= 0.3 is 0 Å². The molecule has 0 bridgehead atoms. The molecule has 0 spiro atoms. The maximum atomic E-state index is 6.83. The molecular formula is C18H30N6. The van der Waals surface area contributed by atoms with Crippen LogP contribution < -0.4 is 22.2 Å². The first-order valence-corrected chi connectivity index (χ1v) is 9.50. The van der Waals surface area contributed by atoms with Gasteiger partial charge in [-0.25, -0.2) is 9.66 Å². The molecule has 6 heteroatoms. The number of imidazole rings is 1. The Kier molecular flexibility index (Phi) is 4.26. The van der Waals surface area contributed by atoms with Crippen LogP contribution in [0.3, 0.4) is 0 Å². The van der Waals surface area contributed by atoms with Crippen molar-refractivity contribution in [2.45, 2.75) is 75.5 Å². The molecule has 132 valence electrons. The average molecular weight is 330 g/mol. The fraction of sp³-hybridized carbons (Fsp3) is 0.722. The number of hydrogen-bond acceptors (Lipinski definition) is 5. The van der Waals surface area contributed by atoms with Crippen LogP contribution in [0.25, 0.3) is 5.70 Å². The minimum absolute atomic E-state index is 0.334. The van der Waals surface area contributed by atoms with Crippen molar-refractivity contribution in [1.29, 1.82) is 0 Å². The van der Waals surface area contributed by atoms with E-state index in [-0.39, 0.29) is 0 Å². The lowest BCUT2D eigenvalue weighted by Crippen LogP contribution is -2.59. The molecule has 1 aliphatic heterocycles. The summed E-state index contributed by atoms with van der Waals surface area (Å²) in [6.45, 7) is 0. The van der Waals surface area contributed by atoms with Crippen molar-refractivity contribution in [3.8, 4) is 0 Å². The lowest BCUT2D eigenvalue weighted by atomic mass is 9.78. The van der Waals surface area contributed by atoms with E-state index in [1.807, 2.05) is 17.1 Å². The Balaban J connectivity index is 1.58. The van der Waals surface area contributed by atoms with E-state index in [4.69, 9.17) is 11.5 Å². The van der Waals surface area contributed by atoms with Gasteiger partial charge in [-0.3, -0.25) is 0 Å². The third-order valence-electron chi connectivity index (χ3n) is 5.99. The van der Waals surface area contributed by atoms with Crippen molar-refractivity contribution in [1.82, 2.24) is 15.0 Å². The first-order chi connectivity index (χ1) is 11.6. The number of hydrogen-bond donors (Lipinski definition) is 4. The summed E-state index contributed by atoms with van der Waals surface area (Å²) in [5.41, 5.74) is 16.9. The summed E-state index contributed by atoms with van der Waals surface area (Å²) >= 11 is 0. The van der Waals surface area contributed by atoms with Gasteiger partial charge in [0.05, 0.1) is 5.70 Å². The van der Waals surface area contributed by atoms with Crippen molar-refractivity contribution in [2.24, 2.45) is 17.4 Å². The monoisotopic (exact) mass is 330 g/mol. The molecule has 2 saturated carbocycles. The highest BCUT2D eigenvalue weighted by Crippen LogP contribution is 2.35. The molecule has 2 fully saturated rings. The molecule has 0 aromatic carbocycles. The van der Waals surface area contributed by atoms with E-state index in [2.05, 4.69) is 21.8 Å². The van der Waals surface area contributed by atoms with Crippen molar-refractivity contribution in [3.63, 3.8) is 0 Å². The van der Waals surface area contributed by atoms with Crippen LogP contribution >= 0.6 is 0 Å². The number of nitrogens with one attached hydrogen (secondary N) is 2. The number of fused-ring (bicyclic) bond motifs is 1. The molecule has 2 aliphatic carbocycles. The van der Waals surface area contributed by atoms with Gasteiger partial charge in [-0.15, -0.1) is 0 Å². The summed E-state index contributed by atoms with van der Waals surface area (Å²) in [5.74, 6) is 1.34. The third-order valence-corrected chi connectivity index (χ3v) is 5.99. The zero-order valence-corrected chi connectivity index (χ0v) is 14.4. The molecule has 1 aromatic rings. The van der Waals surface area contributed by atoms with Crippen LogP contribution in [-0.4, -0.2) is 27.4 Å². The molecule has 1 unspecified atom stereocenters. The Morgan fingerprint density at radius 2 is 1.88 bits per heavy atom. The molecule has 3 aliphatic rings. The van der Waals surface area contributed by atoms with Gasteiger partial charge in [-0.2, -0.15) is 0 Å². The Labute approximate surface area is 144 Å². The first-order valence-electron chi connectivity index (χ1n) is 9.50. The molecule has 6 nitrogen and oxygen atoms in total. The lowest BCUT2D eigenvalue weighted by Gasteiger charge is -2.43. The lowest BCUT2D eigenvalue weighted by molar-refractivity contribution is 0.238. The molecule has 4 rings (SSSR count). The molecular weight excluding hydrogens is 300 g/mol. The summed E-state index contributed by atoms with van der Waals surface area (Å²) < 4.78 is 1.99. The molecule has 6 N–H and O–H groups in total. The predicted octanol–water partition coefficient (Wildman–Crippen LogP) is 1.88. The molecule has 0 amide bonds. The van der Waals surface area contributed by atoms with Crippen molar-refractivity contribution in [2.75, 3.05) is 5.43 Å². The van der Waals surface area contributed by atoms with Gasteiger partial charge in [0, 0.05) is 30.4 Å². The minimum Gasteiger partial charge on any atom is -0.379 e. The Bertz CT molecular complexity index is 594. The van der Waals surface area contributed by atoms with E-state index in [0.29, 0.717) is 18.0 Å². The first kappa shape index (κ1) is 16.0. The van der Waals surface area contributed by atoms with Crippen LogP contribution in [0, 0.1) is 5.92 Å². The van der Waals surface area contributed by atoms with Gasteiger partial charge in [0.1, 0.15) is 5.66 Å². The fourth-order valence-corrected chi connectivity index (χ4v) is 4.52. The summed E-state index contributed by atoms with van der Waals surface area (Å²) in [6, 6.07) is 0.873. The van der Waals surface area contributed by atoms with Gasteiger partial charge in [0.25, 0.3) is 0 Å². The molecule has 1 aromatic heterocycles. The quantitative estimate of drug-likeness (QED) is 0.679. The van der Waals surface area contributed by atoms with E-state index >= 15 is 0 Å². The second kappa shape index (κ2) is 6.41. The Morgan fingerprint density at radius 3 is 2.62 bits per heavy atom. The SMILES string of the molecule is NC1CCC(C2(N)C=C(NC3CCCCC3)c3nccn3N2)CC1. The van der Waals surface area contributed by atoms with E-state index in [0.717, 1.165) is 37.2 Å². The highest BCUT2D eigenvalue weighted by atomic mass is 15.5. The second-order valence-electron chi connectivity index (χ2n) is 7.81. The predicted molar refractivity (Wildman–Crippen MR) is 96.4 cm³/mol. The number of rotatable bonds is 3. The fourth-order valence-electron chi connectivity index (χ4n) is 4.52. The molecule has 24 heavy (non-hydrogen) atoms. The number of nitrogens with two attached hydrogens (primary N) is 2. The molecule has 1 atom stereocenters. The summed E-state index contributed by atoms with van der Waals surface area (Å²) in [6.07, 6.45) is 16.7. The second-order valence-corrected chi connectivity index (χ2v) is 7.81. The van der Waals surface area contributed by atoms with Crippen molar-refractivity contribution >= 4 is 5.70 Å². The van der Waals surface area contributed by atoms with Gasteiger partial charge < -0.3 is 22.2 Å². The zero-order chi connectivity index (χ0) is 16.6.